The van der Waals surface area contributed by atoms with Gasteiger partial charge in [0.1, 0.15) is 6.10 Å². The van der Waals surface area contributed by atoms with Crippen molar-refractivity contribution in [3.8, 4) is 0 Å². The van der Waals surface area contributed by atoms with E-state index in [0.717, 1.165) is 19.3 Å². The minimum absolute atomic E-state index is 0. The molecule has 1 rings (SSSR count). The van der Waals surface area contributed by atoms with Crippen LogP contribution >= 0.6 is 0 Å². The van der Waals surface area contributed by atoms with E-state index in [1.807, 2.05) is 6.92 Å². The Kier molecular flexibility index (Phi) is 7.39. The van der Waals surface area contributed by atoms with E-state index in [2.05, 4.69) is 0 Å². The number of ether oxygens (including phenoxy) is 1. The number of hydrogen-bond acceptors (Lipinski definition) is 2. The molecular weight excluding hydrogens is 216 g/mol. The molecule has 0 aliphatic heterocycles. The van der Waals surface area contributed by atoms with E-state index in [1.165, 1.54) is 19.3 Å². The summed E-state index contributed by atoms with van der Waals surface area (Å²) in [7, 11) is 0. The van der Waals surface area contributed by atoms with E-state index in [4.69, 9.17) is 4.74 Å². The molecule has 0 aromatic rings. The first-order valence-corrected chi connectivity index (χ1v) is 5.02. The summed E-state index contributed by atoms with van der Waals surface area (Å²) >= 11 is 0. The predicted octanol–water partition coefficient (Wildman–Crippen LogP) is 2.66. The van der Waals surface area contributed by atoms with Gasteiger partial charge in [-0.3, -0.25) is 4.79 Å². The van der Waals surface area contributed by atoms with Crippen LogP contribution in [0.15, 0.2) is 0 Å². The number of esters is 1. The Morgan fingerprint density at radius 1 is 1.31 bits per heavy atom. The fraction of sp³-hybridized carbons (Fsp3) is 0.900. The minimum atomic E-state index is -0.00981. The van der Waals surface area contributed by atoms with Crippen LogP contribution in [-0.4, -0.2) is 12.1 Å². The molecule has 3 heteroatoms. The second-order valence-electron chi connectivity index (χ2n) is 3.50. The summed E-state index contributed by atoms with van der Waals surface area (Å²) < 4.78 is 5.29. The summed E-state index contributed by atoms with van der Waals surface area (Å²) in [6.07, 6.45) is 7.63. The molecule has 0 saturated heterocycles. The van der Waals surface area contributed by atoms with Gasteiger partial charge in [-0.05, 0) is 32.1 Å². The normalized spacial score (nSPS) is 17.6. The average Bonchev–Trinajstić information content (AvgIpc) is 2.06. The van der Waals surface area contributed by atoms with Gasteiger partial charge >= 0.3 is 23.0 Å². The molecule has 0 unspecified atom stereocenters. The average molecular weight is 234 g/mol. The van der Waals surface area contributed by atoms with Crippen molar-refractivity contribution in [1.82, 2.24) is 0 Å². The van der Waals surface area contributed by atoms with Crippen LogP contribution in [0, 0.1) is 0 Å². The molecule has 0 N–H and O–H groups in total. The number of carbonyl (C=O) groups excluding carboxylic acids is 1. The fourth-order valence-corrected chi connectivity index (χ4v) is 1.63. The van der Waals surface area contributed by atoms with Crippen LogP contribution in [0.5, 0.6) is 0 Å². The summed E-state index contributed by atoms with van der Waals surface area (Å²) in [4.78, 5) is 11.1. The van der Waals surface area contributed by atoms with Crippen molar-refractivity contribution in [2.75, 3.05) is 0 Å². The maximum Gasteiger partial charge on any atom is 2.00 e. The van der Waals surface area contributed by atoms with E-state index in [1.54, 1.807) is 0 Å². The molecule has 1 fully saturated rings. The maximum atomic E-state index is 11.1. The Morgan fingerprint density at radius 3 is 2.46 bits per heavy atom. The molecule has 0 bridgehead atoms. The van der Waals surface area contributed by atoms with Gasteiger partial charge < -0.3 is 4.74 Å². The van der Waals surface area contributed by atoms with Crippen LogP contribution in [-0.2, 0) is 26.6 Å². The molecule has 1 saturated carbocycles. The van der Waals surface area contributed by atoms with Gasteiger partial charge in [-0.2, -0.15) is 0 Å². The van der Waals surface area contributed by atoms with Crippen molar-refractivity contribution in [2.45, 2.75) is 58.0 Å². The topological polar surface area (TPSA) is 26.3 Å². The van der Waals surface area contributed by atoms with Gasteiger partial charge in [0.15, 0.2) is 0 Å². The Balaban J connectivity index is 0.00000144. The molecule has 13 heavy (non-hydrogen) atoms. The van der Waals surface area contributed by atoms with Crippen LogP contribution < -0.4 is 0 Å². The van der Waals surface area contributed by atoms with Gasteiger partial charge in [0.2, 0.25) is 0 Å². The first kappa shape index (κ1) is 13.0. The van der Waals surface area contributed by atoms with Crippen molar-refractivity contribution in [1.29, 1.82) is 0 Å². The van der Waals surface area contributed by atoms with Crippen LogP contribution in [0.1, 0.15) is 51.9 Å². The summed E-state index contributed by atoms with van der Waals surface area (Å²) in [5.74, 6) is -0.00981. The zero-order valence-corrected chi connectivity index (χ0v) is 9.09. The maximum absolute atomic E-state index is 11.1. The van der Waals surface area contributed by atoms with Gasteiger partial charge in [-0.1, -0.05) is 13.3 Å². The SMILES string of the molecule is CCCC(=O)OC1CCCCC1.[Cu+2]. The van der Waals surface area contributed by atoms with Crippen LogP contribution in [0.25, 0.3) is 0 Å². The number of rotatable bonds is 3. The number of carbonyl (C=O) groups is 1. The van der Waals surface area contributed by atoms with Crippen molar-refractivity contribution in [3.63, 3.8) is 0 Å². The smallest absolute Gasteiger partial charge is 0.462 e. The van der Waals surface area contributed by atoms with Gasteiger partial charge in [-0.15, -0.1) is 0 Å². The zero-order valence-electron chi connectivity index (χ0n) is 8.15. The molecule has 0 aromatic carbocycles. The van der Waals surface area contributed by atoms with E-state index in [9.17, 15) is 4.79 Å². The molecule has 1 aliphatic carbocycles. The Bertz CT molecular complexity index is 142. The van der Waals surface area contributed by atoms with Crippen LogP contribution in [0.2, 0.25) is 0 Å². The minimum Gasteiger partial charge on any atom is -0.462 e. The van der Waals surface area contributed by atoms with E-state index in [-0.39, 0.29) is 29.1 Å². The molecule has 0 aromatic heterocycles. The molecule has 2 nitrogen and oxygen atoms in total. The third-order valence-corrected chi connectivity index (χ3v) is 2.30. The van der Waals surface area contributed by atoms with E-state index >= 15 is 0 Å². The van der Waals surface area contributed by atoms with Crippen LogP contribution in [0.3, 0.4) is 0 Å². The first-order chi connectivity index (χ1) is 5.83. The first-order valence-electron chi connectivity index (χ1n) is 5.02. The predicted molar refractivity (Wildman–Crippen MR) is 47.9 cm³/mol. The van der Waals surface area contributed by atoms with Crippen molar-refractivity contribution in [3.05, 3.63) is 0 Å². The van der Waals surface area contributed by atoms with Gasteiger partial charge in [-0.25, -0.2) is 0 Å². The summed E-state index contributed by atoms with van der Waals surface area (Å²) in [6.45, 7) is 2.00. The molecule has 1 radical (unpaired) electrons. The molecule has 0 amide bonds. The third kappa shape index (κ3) is 5.32. The molecular formula is C10H18CuO2+2. The fourth-order valence-electron chi connectivity index (χ4n) is 1.63. The molecule has 0 spiro atoms. The Morgan fingerprint density at radius 2 is 1.92 bits per heavy atom. The quantitative estimate of drug-likeness (QED) is 0.554. The zero-order chi connectivity index (χ0) is 8.81. The van der Waals surface area contributed by atoms with E-state index < -0.39 is 0 Å². The van der Waals surface area contributed by atoms with Crippen molar-refractivity contribution >= 4 is 5.97 Å². The summed E-state index contributed by atoms with van der Waals surface area (Å²) in [5.41, 5.74) is 0. The van der Waals surface area contributed by atoms with Gasteiger partial charge in [0, 0.05) is 6.42 Å². The Hall–Kier alpha value is -0.0105. The van der Waals surface area contributed by atoms with Crippen molar-refractivity contribution in [2.24, 2.45) is 0 Å². The number of hydrogen-bond donors (Lipinski definition) is 0. The second kappa shape index (κ2) is 7.40. The summed E-state index contributed by atoms with van der Waals surface area (Å²) in [5, 5.41) is 0. The Labute approximate surface area is 90.9 Å². The van der Waals surface area contributed by atoms with Crippen LogP contribution in [0.4, 0.5) is 0 Å². The second-order valence-corrected chi connectivity index (χ2v) is 3.50. The molecule has 0 heterocycles. The third-order valence-electron chi connectivity index (χ3n) is 2.30. The van der Waals surface area contributed by atoms with Crippen molar-refractivity contribution < 1.29 is 26.6 Å². The monoisotopic (exact) mass is 233 g/mol. The molecule has 79 valence electrons. The van der Waals surface area contributed by atoms with Gasteiger partial charge in [0.05, 0.1) is 0 Å². The summed E-state index contributed by atoms with van der Waals surface area (Å²) in [6, 6.07) is 0. The van der Waals surface area contributed by atoms with E-state index in [0.29, 0.717) is 6.42 Å². The van der Waals surface area contributed by atoms with Gasteiger partial charge in [0.25, 0.3) is 0 Å². The molecule has 1 aliphatic rings. The largest absolute Gasteiger partial charge is 2.00 e. The molecule has 0 atom stereocenters. The standard InChI is InChI=1S/C10H18O2.Cu/c1-2-6-10(11)12-9-7-4-3-5-8-9;/h9H,2-8H2,1H3;/q;+2.